The number of carbonyl (C=O) groups excluding carboxylic acids is 1. The van der Waals surface area contributed by atoms with Crippen LogP contribution >= 0.6 is 22.6 Å². The summed E-state index contributed by atoms with van der Waals surface area (Å²) in [5, 5.41) is 11.6. The lowest BCUT2D eigenvalue weighted by Gasteiger charge is -2.12. The van der Waals surface area contributed by atoms with Crippen LogP contribution < -0.4 is 14.8 Å². The van der Waals surface area contributed by atoms with Gasteiger partial charge in [0, 0.05) is 25.4 Å². The van der Waals surface area contributed by atoms with E-state index < -0.39 is 0 Å². The van der Waals surface area contributed by atoms with E-state index in [0.717, 1.165) is 26.3 Å². The first kappa shape index (κ1) is 22.1. The van der Waals surface area contributed by atoms with Crippen LogP contribution in [0.2, 0.25) is 0 Å². The van der Waals surface area contributed by atoms with Crippen LogP contribution in [0.1, 0.15) is 31.5 Å². The topological polar surface area (TPSA) is 83.2 Å². The molecule has 1 N–H and O–H groups in total. The fraction of sp³-hybridized carbons (Fsp3) is 0.381. The van der Waals surface area contributed by atoms with Gasteiger partial charge < -0.3 is 14.8 Å². The molecule has 0 radical (unpaired) electrons. The Hall–Kier alpha value is -2.56. The number of aryl methyl sites for hydroxylation is 2. The molecule has 1 amide bonds. The van der Waals surface area contributed by atoms with Gasteiger partial charge in [0.15, 0.2) is 11.5 Å². The minimum absolute atomic E-state index is 0.0718. The van der Waals surface area contributed by atoms with Crippen LogP contribution in [0.4, 0.5) is 5.69 Å². The summed E-state index contributed by atoms with van der Waals surface area (Å²) in [6.45, 7) is 8.09. The third-order valence-electron chi connectivity index (χ3n) is 4.32. The monoisotopic (exact) mass is 523 g/mol. The summed E-state index contributed by atoms with van der Waals surface area (Å²) in [4.78, 5) is 12.2. The number of halogens is 1. The van der Waals surface area contributed by atoms with Crippen molar-refractivity contribution in [2.75, 3.05) is 18.5 Å². The Labute approximate surface area is 189 Å². The second-order valence-electron chi connectivity index (χ2n) is 6.70. The maximum Gasteiger partial charge on any atom is 0.226 e. The van der Waals surface area contributed by atoms with E-state index in [4.69, 9.17) is 9.47 Å². The van der Waals surface area contributed by atoms with E-state index in [1.165, 1.54) is 0 Å². The lowest BCUT2D eigenvalue weighted by molar-refractivity contribution is -0.116. The summed E-state index contributed by atoms with van der Waals surface area (Å²) in [6.07, 6.45) is 5.75. The number of hydrogen-bond donors (Lipinski definition) is 1. The minimum Gasteiger partial charge on any atom is -0.490 e. The Morgan fingerprint density at radius 3 is 2.60 bits per heavy atom. The molecule has 3 rings (SSSR count). The van der Waals surface area contributed by atoms with Crippen LogP contribution in [-0.2, 0) is 17.9 Å². The molecule has 2 aromatic heterocycles. The van der Waals surface area contributed by atoms with Crippen LogP contribution in [-0.4, -0.2) is 38.7 Å². The molecule has 3 aromatic rings. The highest BCUT2D eigenvalue weighted by Crippen LogP contribution is 2.29. The maximum absolute atomic E-state index is 12.2. The summed E-state index contributed by atoms with van der Waals surface area (Å²) in [5.74, 6) is 1.39. The zero-order valence-corrected chi connectivity index (χ0v) is 19.5. The molecule has 30 heavy (non-hydrogen) atoms. The Morgan fingerprint density at radius 1 is 1.13 bits per heavy atom. The van der Waals surface area contributed by atoms with Gasteiger partial charge in [-0.1, -0.05) is 6.07 Å². The summed E-state index contributed by atoms with van der Waals surface area (Å²) in [6, 6.07) is 5.86. The third kappa shape index (κ3) is 5.97. The number of benzene rings is 1. The molecular formula is C21H26IN5O3. The Balaban J connectivity index is 1.56. The molecule has 0 bridgehead atoms. The third-order valence-corrected chi connectivity index (χ3v) is 5.38. The molecule has 0 fully saturated rings. The normalized spacial score (nSPS) is 10.8. The first-order valence-electron chi connectivity index (χ1n) is 9.88. The van der Waals surface area contributed by atoms with E-state index in [-0.39, 0.29) is 5.91 Å². The van der Waals surface area contributed by atoms with E-state index in [1.54, 1.807) is 15.6 Å². The zero-order valence-electron chi connectivity index (χ0n) is 17.4. The number of hydrogen-bond acceptors (Lipinski definition) is 5. The van der Waals surface area contributed by atoms with Crippen molar-refractivity contribution in [3.05, 3.63) is 51.6 Å². The van der Waals surface area contributed by atoms with E-state index in [2.05, 4.69) is 38.1 Å². The Morgan fingerprint density at radius 2 is 1.90 bits per heavy atom. The molecule has 160 valence electrons. The molecule has 0 saturated heterocycles. The average Bonchev–Trinajstić information content (AvgIpc) is 3.28. The number of rotatable bonds is 10. The molecule has 2 heterocycles. The van der Waals surface area contributed by atoms with Gasteiger partial charge in [0.1, 0.15) is 0 Å². The molecular weight excluding hydrogens is 497 g/mol. The molecule has 0 atom stereocenters. The fourth-order valence-corrected chi connectivity index (χ4v) is 3.37. The van der Waals surface area contributed by atoms with Gasteiger partial charge >= 0.3 is 0 Å². The van der Waals surface area contributed by atoms with E-state index in [9.17, 15) is 4.79 Å². The Bertz CT molecular complexity index is 979. The van der Waals surface area contributed by atoms with E-state index in [1.807, 2.05) is 51.4 Å². The van der Waals surface area contributed by atoms with Gasteiger partial charge in [-0.3, -0.25) is 14.2 Å². The van der Waals surface area contributed by atoms with E-state index >= 15 is 0 Å². The van der Waals surface area contributed by atoms with Crippen molar-refractivity contribution in [2.24, 2.45) is 0 Å². The number of ether oxygens (including phenoxy) is 2. The van der Waals surface area contributed by atoms with E-state index in [0.29, 0.717) is 38.4 Å². The van der Waals surface area contributed by atoms with Gasteiger partial charge in [-0.05, 0) is 61.1 Å². The highest BCUT2D eigenvalue weighted by atomic mass is 127. The number of amides is 1. The lowest BCUT2D eigenvalue weighted by Crippen LogP contribution is -2.14. The number of nitrogens with one attached hydrogen (secondary N) is 1. The van der Waals surface area contributed by atoms with Crippen molar-refractivity contribution >= 4 is 34.2 Å². The van der Waals surface area contributed by atoms with Gasteiger partial charge in [-0.25, -0.2) is 0 Å². The number of carbonyl (C=O) groups is 1. The smallest absolute Gasteiger partial charge is 0.226 e. The predicted octanol–water partition coefficient (Wildman–Crippen LogP) is 3.87. The SMILES string of the molecule is CCOc1ccc(Cn2cc(NC(=O)CCn3cc(I)c(C)n3)cn2)cc1OCC. The maximum atomic E-state index is 12.2. The van der Waals surface area contributed by atoms with Crippen molar-refractivity contribution < 1.29 is 14.3 Å². The highest BCUT2D eigenvalue weighted by molar-refractivity contribution is 14.1. The number of aromatic nitrogens is 4. The minimum atomic E-state index is -0.0718. The summed E-state index contributed by atoms with van der Waals surface area (Å²) < 4.78 is 15.9. The summed E-state index contributed by atoms with van der Waals surface area (Å²) in [7, 11) is 0. The first-order valence-corrected chi connectivity index (χ1v) is 11.0. The van der Waals surface area contributed by atoms with Crippen molar-refractivity contribution in [1.29, 1.82) is 0 Å². The van der Waals surface area contributed by atoms with Gasteiger partial charge in [-0.15, -0.1) is 0 Å². The molecule has 0 unspecified atom stereocenters. The summed E-state index contributed by atoms with van der Waals surface area (Å²) >= 11 is 2.23. The molecule has 0 saturated carbocycles. The quantitative estimate of drug-likeness (QED) is 0.408. The molecule has 0 aliphatic heterocycles. The molecule has 0 aliphatic carbocycles. The van der Waals surface area contributed by atoms with Gasteiger partial charge in [0.25, 0.3) is 0 Å². The molecule has 9 heteroatoms. The van der Waals surface area contributed by atoms with Gasteiger partial charge in [-0.2, -0.15) is 10.2 Å². The highest BCUT2D eigenvalue weighted by Gasteiger charge is 2.09. The van der Waals surface area contributed by atoms with Crippen LogP contribution in [0.3, 0.4) is 0 Å². The van der Waals surface area contributed by atoms with Crippen LogP contribution in [0.15, 0.2) is 36.8 Å². The van der Waals surface area contributed by atoms with Crippen molar-refractivity contribution in [1.82, 2.24) is 19.6 Å². The molecule has 0 aliphatic rings. The molecule has 8 nitrogen and oxygen atoms in total. The number of nitrogens with zero attached hydrogens (tertiary/aromatic N) is 4. The summed E-state index contributed by atoms with van der Waals surface area (Å²) in [5.41, 5.74) is 2.67. The molecule has 0 spiro atoms. The van der Waals surface area contributed by atoms with Crippen molar-refractivity contribution in [2.45, 2.75) is 40.3 Å². The van der Waals surface area contributed by atoms with Crippen LogP contribution in [0.25, 0.3) is 0 Å². The van der Waals surface area contributed by atoms with Crippen molar-refractivity contribution in [3.63, 3.8) is 0 Å². The van der Waals surface area contributed by atoms with Gasteiger partial charge in [0.2, 0.25) is 5.91 Å². The molecule has 1 aromatic carbocycles. The lowest BCUT2D eigenvalue weighted by atomic mass is 10.2. The van der Waals surface area contributed by atoms with Crippen LogP contribution in [0, 0.1) is 10.5 Å². The number of anilines is 1. The average molecular weight is 523 g/mol. The predicted molar refractivity (Wildman–Crippen MR) is 123 cm³/mol. The van der Waals surface area contributed by atoms with Gasteiger partial charge in [0.05, 0.1) is 40.9 Å². The van der Waals surface area contributed by atoms with Crippen molar-refractivity contribution in [3.8, 4) is 11.5 Å². The Kier molecular flexibility index (Phi) is 7.72. The fourth-order valence-electron chi connectivity index (χ4n) is 2.94. The van der Waals surface area contributed by atoms with Crippen LogP contribution in [0.5, 0.6) is 11.5 Å². The largest absolute Gasteiger partial charge is 0.490 e. The standard InChI is InChI=1S/C21H26IN5O3/c1-4-29-19-7-6-16(10-20(19)30-5-2)12-27-13-17(11-23-27)24-21(28)8-9-26-14-18(22)15(3)25-26/h6-7,10-11,13-14H,4-5,8-9,12H2,1-3H3,(H,24,28). The first-order chi connectivity index (χ1) is 14.5. The zero-order chi connectivity index (χ0) is 21.5. The second-order valence-corrected chi connectivity index (χ2v) is 7.86. The second kappa shape index (κ2) is 10.5.